The Morgan fingerprint density at radius 3 is 1.74 bits per heavy atom. The van der Waals surface area contributed by atoms with Gasteiger partial charge in [0.1, 0.15) is 0 Å². The number of ether oxygens (including phenoxy) is 4. The van der Waals surface area contributed by atoms with Gasteiger partial charge in [-0.25, -0.2) is 0 Å². The maximum atomic E-state index is 12.4. The SMILES string of the molecule is C=C(/C=C/c1ccc(OCCCBr)c(OC)c1)CC(=O)/C=C/c1ccc(OCCCBr)c(OC)c1. The lowest BCUT2D eigenvalue weighted by molar-refractivity contribution is -0.113. The highest BCUT2D eigenvalue weighted by molar-refractivity contribution is 9.09. The molecule has 188 valence electrons. The lowest BCUT2D eigenvalue weighted by Crippen LogP contribution is -2.00. The van der Waals surface area contributed by atoms with Gasteiger partial charge in [0.25, 0.3) is 0 Å². The molecule has 0 fully saturated rings. The highest BCUT2D eigenvalue weighted by Crippen LogP contribution is 2.30. The van der Waals surface area contributed by atoms with Gasteiger partial charge in [-0.15, -0.1) is 0 Å². The first-order valence-electron chi connectivity index (χ1n) is 11.3. The second kappa shape index (κ2) is 16.2. The van der Waals surface area contributed by atoms with Crippen LogP contribution in [0, 0.1) is 0 Å². The molecule has 7 heteroatoms. The Morgan fingerprint density at radius 1 is 0.800 bits per heavy atom. The lowest BCUT2D eigenvalue weighted by atomic mass is 10.1. The summed E-state index contributed by atoms with van der Waals surface area (Å²) in [4.78, 5) is 12.4. The summed E-state index contributed by atoms with van der Waals surface area (Å²) in [6.45, 7) is 5.23. The van der Waals surface area contributed by atoms with Crippen LogP contribution in [0.25, 0.3) is 12.2 Å². The van der Waals surface area contributed by atoms with Crippen molar-refractivity contribution in [3.8, 4) is 23.0 Å². The fraction of sp³-hybridized carbons (Fsp3) is 0.321. The Balaban J connectivity index is 1.93. The summed E-state index contributed by atoms with van der Waals surface area (Å²) in [6.07, 6.45) is 9.12. The Hall–Kier alpha value is -2.51. The minimum absolute atomic E-state index is 0.0376. The zero-order chi connectivity index (χ0) is 25.5. The van der Waals surface area contributed by atoms with Crippen molar-refractivity contribution in [1.82, 2.24) is 0 Å². The molecule has 0 aromatic heterocycles. The van der Waals surface area contributed by atoms with E-state index in [1.807, 2.05) is 48.6 Å². The minimum atomic E-state index is -0.0376. The smallest absolute Gasteiger partial charge is 0.161 e. The number of hydrogen-bond donors (Lipinski definition) is 0. The van der Waals surface area contributed by atoms with E-state index in [9.17, 15) is 4.79 Å². The van der Waals surface area contributed by atoms with Crippen LogP contribution in [0.2, 0.25) is 0 Å². The second-order valence-corrected chi connectivity index (χ2v) is 9.16. The average Bonchev–Trinajstić information content (AvgIpc) is 2.87. The van der Waals surface area contributed by atoms with Crippen molar-refractivity contribution >= 4 is 49.8 Å². The van der Waals surface area contributed by atoms with Crippen LogP contribution in [0.1, 0.15) is 30.4 Å². The van der Waals surface area contributed by atoms with Crippen LogP contribution >= 0.6 is 31.9 Å². The number of ketones is 1. The van der Waals surface area contributed by atoms with Crippen molar-refractivity contribution in [2.24, 2.45) is 0 Å². The predicted octanol–water partition coefficient (Wildman–Crippen LogP) is 7.27. The zero-order valence-corrected chi connectivity index (χ0v) is 23.4. The lowest BCUT2D eigenvalue weighted by Gasteiger charge is -2.11. The monoisotopic (exact) mass is 606 g/mol. The molecule has 35 heavy (non-hydrogen) atoms. The summed E-state index contributed by atoms with van der Waals surface area (Å²) in [6, 6.07) is 11.3. The summed E-state index contributed by atoms with van der Waals surface area (Å²) >= 11 is 6.78. The largest absolute Gasteiger partial charge is 0.493 e. The van der Waals surface area contributed by atoms with Crippen LogP contribution < -0.4 is 18.9 Å². The first kappa shape index (κ1) is 28.7. The van der Waals surface area contributed by atoms with Crippen molar-refractivity contribution in [1.29, 1.82) is 0 Å². The van der Waals surface area contributed by atoms with Crippen molar-refractivity contribution < 1.29 is 23.7 Å². The Morgan fingerprint density at radius 2 is 1.29 bits per heavy atom. The van der Waals surface area contributed by atoms with E-state index in [4.69, 9.17) is 18.9 Å². The minimum Gasteiger partial charge on any atom is -0.493 e. The molecule has 0 bridgehead atoms. The third kappa shape index (κ3) is 10.3. The average molecular weight is 608 g/mol. The molecule has 5 nitrogen and oxygen atoms in total. The molecular weight excluding hydrogens is 576 g/mol. The summed E-state index contributed by atoms with van der Waals surface area (Å²) in [5.74, 6) is 2.66. The van der Waals surface area contributed by atoms with Crippen molar-refractivity contribution in [2.75, 3.05) is 38.1 Å². The molecule has 2 aromatic rings. The van der Waals surface area contributed by atoms with Gasteiger partial charge in [0.15, 0.2) is 28.8 Å². The van der Waals surface area contributed by atoms with E-state index in [1.165, 1.54) is 0 Å². The number of alkyl halides is 2. The van der Waals surface area contributed by atoms with Gasteiger partial charge in [-0.1, -0.05) is 68.8 Å². The first-order valence-corrected chi connectivity index (χ1v) is 13.6. The van der Waals surface area contributed by atoms with Crippen LogP contribution in [0.3, 0.4) is 0 Å². The molecule has 0 spiro atoms. The number of allylic oxidation sites excluding steroid dienone is 3. The van der Waals surface area contributed by atoms with E-state index < -0.39 is 0 Å². The normalized spacial score (nSPS) is 11.1. The summed E-state index contributed by atoms with van der Waals surface area (Å²) in [5.41, 5.74) is 2.50. The van der Waals surface area contributed by atoms with Gasteiger partial charge in [0.2, 0.25) is 0 Å². The molecule has 0 aliphatic rings. The molecule has 2 rings (SSSR count). The molecule has 0 aliphatic carbocycles. The fourth-order valence-electron chi connectivity index (χ4n) is 3.03. The van der Waals surface area contributed by atoms with Crippen LogP contribution in [-0.2, 0) is 4.79 Å². The summed E-state index contributed by atoms with van der Waals surface area (Å²) in [7, 11) is 3.22. The van der Waals surface area contributed by atoms with Gasteiger partial charge in [0, 0.05) is 17.1 Å². The van der Waals surface area contributed by atoms with Crippen molar-refractivity contribution in [3.05, 3.63) is 71.8 Å². The third-order valence-corrected chi connectivity index (χ3v) is 5.94. The topological polar surface area (TPSA) is 54.0 Å². The van der Waals surface area contributed by atoms with E-state index in [1.54, 1.807) is 26.4 Å². The van der Waals surface area contributed by atoms with Gasteiger partial charge in [-0.2, -0.15) is 0 Å². The van der Waals surface area contributed by atoms with Crippen LogP contribution in [0.5, 0.6) is 23.0 Å². The molecule has 2 aromatic carbocycles. The molecule has 0 saturated heterocycles. The van der Waals surface area contributed by atoms with Gasteiger partial charge >= 0.3 is 0 Å². The van der Waals surface area contributed by atoms with E-state index in [2.05, 4.69) is 38.4 Å². The molecule has 0 amide bonds. The highest BCUT2D eigenvalue weighted by Gasteiger charge is 2.07. The second-order valence-electron chi connectivity index (χ2n) is 7.57. The quantitative estimate of drug-likeness (QED) is 0.0869. The molecule has 0 atom stereocenters. The Kier molecular flexibility index (Phi) is 13.3. The molecule has 0 saturated carbocycles. The number of carbonyl (C=O) groups excluding carboxylic acids is 1. The number of rotatable bonds is 16. The number of benzene rings is 2. The maximum absolute atomic E-state index is 12.4. The Bertz CT molecular complexity index is 949. The van der Waals surface area contributed by atoms with Gasteiger partial charge in [-0.05, 0) is 59.9 Å². The zero-order valence-electron chi connectivity index (χ0n) is 20.2. The van der Waals surface area contributed by atoms with E-state index in [0.717, 1.165) is 34.6 Å². The van der Waals surface area contributed by atoms with E-state index >= 15 is 0 Å². The third-order valence-electron chi connectivity index (χ3n) is 4.82. The molecule has 0 unspecified atom stereocenters. The first-order chi connectivity index (χ1) is 17.0. The number of hydrogen-bond acceptors (Lipinski definition) is 5. The Labute approximate surface area is 225 Å². The molecule has 0 aliphatic heterocycles. The van der Waals surface area contributed by atoms with Gasteiger partial charge in [0.05, 0.1) is 27.4 Å². The molecule has 0 heterocycles. The predicted molar refractivity (Wildman–Crippen MR) is 151 cm³/mol. The maximum Gasteiger partial charge on any atom is 0.161 e. The van der Waals surface area contributed by atoms with Crippen LogP contribution in [-0.4, -0.2) is 43.9 Å². The number of methoxy groups -OCH3 is 2. The number of halogens is 2. The van der Waals surface area contributed by atoms with Crippen LogP contribution in [0.4, 0.5) is 0 Å². The number of carbonyl (C=O) groups is 1. The summed E-state index contributed by atoms with van der Waals surface area (Å²) in [5, 5.41) is 1.77. The van der Waals surface area contributed by atoms with Crippen molar-refractivity contribution in [2.45, 2.75) is 19.3 Å². The van der Waals surface area contributed by atoms with Crippen molar-refractivity contribution in [3.63, 3.8) is 0 Å². The summed E-state index contributed by atoms with van der Waals surface area (Å²) < 4.78 is 22.3. The standard InChI is InChI=1S/C28H32Br2O5/c1-21(6-7-22-9-12-25(27(19-22)32-2)34-16-4-14-29)18-24(31)11-8-23-10-13-26(28(20-23)33-3)35-17-5-15-30/h6-13,19-20H,1,4-5,14-18H2,2-3H3/b7-6+,11-8+. The van der Waals surface area contributed by atoms with Gasteiger partial charge < -0.3 is 18.9 Å². The highest BCUT2D eigenvalue weighted by atomic mass is 79.9. The van der Waals surface area contributed by atoms with E-state index in [-0.39, 0.29) is 12.2 Å². The fourth-order valence-corrected chi connectivity index (χ4v) is 3.49. The van der Waals surface area contributed by atoms with E-state index in [0.29, 0.717) is 41.8 Å². The molecule has 0 N–H and O–H groups in total. The van der Waals surface area contributed by atoms with Gasteiger partial charge in [-0.3, -0.25) is 4.79 Å². The van der Waals surface area contributed by atoms with Crippen LogP contribution in [0.15, 0.2) is 60.7 Å². The molecule has 0 radical (unpaired) electrons. The molecular formula is C28H32Br2O5.